The highest BCUT2D eigenvalue weighted by molar-refractivity contribution is 5.85. The Balaban J connectivity index is 0.00000128. The molecule has 1 saturated carbocycles. The molecule has 16 heavy (non-hydrogen) atoms. The third-order valence-electron chi connectivity index (χ3n) is 3.46. The van der Waals surface area contributed by atoms with Crippen molar-refractivity contribution in [3.8, 4) is 0 Å². The van der Waals surface area contributed by atoms with E-state index in [-0.39, 0.29) is 18.4 Å². The highest BCUT2D eigenvalue weighted by atomic mass is 35.5. The summed E-state index contributed by atoms with van der Waals surface area (Å²) in [4.78, 5) is 0. The van der Waals surface area contributed by atoms with Gasteiger partial charge in [0, 0.05) is 0 Å². The fourth-order valence-corrected chi connectivity index (χ4v) is 2.45. The normalized spacial score (nSPS) is 20.9. The lowest BCUT2D eigenvalue weighted by Crippen LogP contribution is -2.42. The summed E-state index contributed by atoms with van der Waals surface area (Å²) in [6, 6.07) is 9.68. The van der Waals surface area contributed by atoms with E-state index in [2.05, 4.69) is 0 Å². The van der Waals surface area contributed by atoms with Gasteiger partial charge in [0.05, 0.1) is 11.6 Å². The lowest BCUT2D eigenvalue weighted by Gasteiger charge is -2.37. The Kier molecular flexibility index (Phi) is 4.78. The van der Waals surface area contributed by atoms with Gasteiger partial charge in [-0.1, -0.05) is 49.6 Å². The lowest BCUT2D eigenvalue weighted by molar-refractivity contribution is -0.0202. The second-order valence-corrected chi connectivity index (χ2v) is 4.55. The SMILES string of the molecule is Cl.NC(c1ccccc1)C1(O)CCCCC1. The molecule has 0 aromatic heterocycles. The van der Waals surface area contributed by atoms with Crippen LogP contribution in [0.3, 0.4) is 0 Å². The minimum Gasteiger partial charge on any atom is -0.388 e. The minimum absolute atomic E-state index is 0. The summed E-state index contributed by atoms with van der Waals surface area (Å²) in [6.45, 7) is 0. The summed E-state index contributed by atoms with van der Waals surface area (Å²) in [5, 5.41) is 10.5. The number of nitrogens with two attached hydrogens (primary N) is 1. The van der Waals surface area contributed by atoms with Crippen LogP contribution in [0.25, 0.3) is 0 Å². The first-order chi connectivity index (χ1) is 7.22. The first-order valence-corrected chi connectivity index (χ1v) is 5.75. The zero-order chi connectivity index (χ0) is 10.7. The van der Waals surface area contributed by atoms with E-state index in [0.717, 1.165) is 31.2 Å². The quantitative estimate of drug-likeness (QED) is 0.837. The highest BCUT2D eigenvalue weighted by Gasteiger charge is 2.36. The van der Waals surface area contributed by atoms with Crippen LogP contribution in [0.15, 0.2) is 30.3 Å². The second kappa shape index (κ2) is 5.67. The molecule has 1 fully saturated rings. The molecule has 3 N–H and O–H groups in total. The summed E-state index contributed by atoms with van der Waals surface area (Å²) in [5.74, 6) is 0. The van der Waals surface area contributed by atoms with Gasteiger partial charge in [0.2, 0.25) is 0 Å². The standard InChI is InChI=1S/C13H19NO.ClH/c14-12(11-7-3-1-4-8-11)13(15)9-5-2-6-10-13;/h1,3-4,7-8,12,15H,2,5-6,9-10,14H2;1H. The molecule has 0 radical (unpaired) electrons. The van der Waals surface area contributed by atoms with Crippen LogP contribution >= 0.6 is 12.4 Å². The van der Waals surface area contributed by atoms with Gasteiger partial charge in [-0.3, -0.25) is 0 Å². The maximum Gasteiger partial charge on any atom is 0.0839 e. The molecule has 1 aromatic rings. The van der Waals surface area contributed by atoms with Crippen molar-refractivity contribution in [3.63, 3.8) is 0 Å². The van der Waals surface area contributed by atoms with Crippen LogP contribution in [0, 0.1) is 0 Å². The molecule has 1 aliphatic carbocycles. The van der Waals surface area contributed by atoms with Gasteiger partial charge >= 0.3 is 0 Å². The van der Waals surface area contributed by atoms with Gasteiger partial charge in [-0.15, -0.1) is 12.4 Å². The van der Waals surface area contributed by atoms with Crippen LogP contribution in [0.5, 0.6) is 0 Å². The minimum atomic E-state index is -0.681. The highest BCUT2D eigenvalue weighted by Crippen LogP contribution is 2.36. The van der Waals surface area contributed by atoms with Gasteiger partial charge in [0.25, 0.3) is 0 Å². The maximum atomic E-state index is 10.5. The zero-order valence-corrected chi connectivity index (χ0v) is 10.2. The molecular formula is C13H20ClNO. The summed E-state index contributed by atoms with van der Waals surface area (Å²) in [5.41, 5.74) is 6.52. The van der Waals surface area contributed by atoms with E-state index in [0.29, 0.717) is 0 Å². The molecule has 0 heterocycles. The van der Waals surface area contributed by atoms with Gasteiger partial charge in [0.15, 0.2) is 0 Å². The third kappa shape index (κ3) is 2.76. The van der Waals surface area contributed by atoms with Crippen molar-refractivity contribution in [1.82, 2.24) is 0 Å². The largest absolute Gasteiger partial charge is 0.388 e. The summed E-state index contributed by atoms with van der Waals surface area (Å²) in [6.07, 6.45) is 5.09. The van der Waals surface area contributed by atoms with Gasteiger partial charge in [-0.25, -0.2) is 0 Å². The van der Waals surface area contributed by atoms with Crippen LogP contribution in [-0.4, -0.2) is 10.7 Å². The van der Waals surface area contributed by atoms with Crippen molar-refractivity contribution in [2.75, 3.05) is 0 Å². The van der Waals surface area contributed by atoms with Crippen LogP contribution in [0.4, 0.5) is 0 Å². The molecule has 1 unspecified atom stereocenters. The fourth-order valence-electron chi connectivity index (χ4n) is 2.45. The van der Waals surface area contributed by atoms with Crippen molar-refractivity contribution < 1.29 is 5.11 Å². The van der Waals surface area contributed by atoms with E-state index in [1.54, 1.807) is 0 Å². The smallest absolute Gasteiger partial charge is 0.0839 e. The molecule has 0 spiro atoms. The number of rotatable bonds is 2. The predicted molar refractivity (Wildman–Crippen MR) is 68.7 cm³/mol. The molecule has 0 aliphatic heterocycles. The third-order valence-corrected chi connectivity index (χ3v) is 3.46. The zero-order valence-electron chi connectivity index (χ0n) is 9.43. The molecule has 2 nitrogen and oxygen atoms in total. The monoisotopic (exact) mass is 241 g/mol. The molecule has 3 heteroatoms. The van der Waals surface area contributed by atoms with Gasteiger partial charge in [0.1, 0.15) is 0 Å². The van der Waals surface area contributed by atoms with Crippen molar-refractivity contribution in [1.29, 1.82) is 0 Å². The van der Waals surface area contributed by atoms with E-state index in [1.807, 2.05) is 30.3 Å². The molecule has 1 aromatic carbocycles. The van der Waals surface area contributed by atoms with E-state index in [9.17, 15) is 5.11 Å². The molecule has 2 rings (SSSR count). The number of hydrogen-bond acceptors (Lipinski definition) is 2. The van der Waals surface area contributed by atoms with Gasteiger partial charge in [-0.05, 0) is 18.4 Å². The first-order valence-electron chi connectivity index (χ1n) is 5.75. The summed E-state index contributed by atoms with van der Waals surface area (Å²) < 4.78 is 0. The molecule has 1 atom stereocenters. The Labute approximate surface area is 103 Å². The molecule has 0 bridgehead atoms. The maximum absolute atomic E-state index is 10.5. The summed E-state index contributed by atoms with van der Waals surface area (Å²) >= 11 is 0. The molecule has 0 saturated heterocycles. The van der Waals surface area contributed by atoms with Gasteiger partial charge in [-0.2, -0.15) is 0 Å². The number of benzene rings is 1. The second-order valence-electron chi connectivity index (χ2n) is 4.55. The Bertz CT molecular complexity index is 309. The van der Waals surface area contributed by atoms with Crippen molar-refractivity contribution >= 4 is 12.4 Å². The van der Waals surface area contributed by atoms with Crippen LogP contribution in [0.1, 0.15) is 43.7 Å². The Hall–Kier alpha value is -0.570. The van der Waals surface area contributed by atoms with Crippen LogP contribution < -0.4 is 5.73 Å². The number of aliphatic hydroxyl groups is 1. The van der Waals surface area contributed by atoms with E-state index < -0.39 is 5.60 Å². The predicted octanol–water partition coefficient (Wildman–Crippen LogP) is 2.80. The van der Waals surface area contributed by atoms with Gasteiger partial charge < -0.3 is 10.8 Å². The molecule has 0 amide bonds. The van der Waals surface area contributed by atoms with Crippen molar-refractivity contribution in [2.45, 2.75) is 43.7 Å². The van der Waals surface area contributed by atoms with E-state index >= 15 is 0 Å². The van der Waals surface area contributed by atoms with Crippen LogP contribution in [-0.2, 0) is 0 Å². The topological polar surface area (TPSA) is 46.2 Å². The Morgan fingerprint density at radius 2 is 1.62 bits per heavy atom. The van der Waals surface area contributed by atoms with E-state index in [4.69, 9.17) is 5.73 Å². The van der Waals surface area contributed by atoms with Crippen molar-refractivity contribution in [2.24, 2.45) is 5.73 Å². The average molecular weight is 242 g/mol. The van der Waals surface area contributed by atoms with Crippen molar-refractivity contribution in [3.05, 3.63) is 35.9 Å². The average Bonchev–Trinajstić information content (AvgIpc) is 2.30. The summed E-state index contributed by atoms with van der Waals surface area (Å²) in [7, 11) is 0. The number of hydrogen-bond donors (Lipinski definition) is 2. The Morgan fingerprint density at radius 1 is 1.06 bits per heavy atom. The van der Waals surface area contributed by atoms with E-state index in [1.165, 1.54) is 6.42 Å². The molecule has 90 valence electrons. The fraction of sp³-hybridized carbons (Fsp3) is 0.538. The lowest BCUT2D eigenvalue weighted by atomic mass is 9.77. The number of halogens is 1. The first kappa shape index (κ1) is 13.5. The Morgan fingerprint density at radius 3 is 2.19 bits per heavy atom. The van der Waals surface area contributed by atoms with Crippen LogP contribution in [0.2, 0.25) is 0 Å². The molecular weight excluding hydrogens is 222 g/mol. The molecule has 1 aliphatic rings.